The molecular weight excluding hydrogens is 478 g/mol. The van der Waals surface area contributed by atoms with Gasteiger partial charge in [0, 0.05) is 25.7 Å². The second-order valence-corrected chi connectivity index (χ2v) is 14.3. The Balaban J connectivity index is 1.83. The van der Waals surface area contributed by atoms with E-state index in [4.69, 9.17) is 24.4 Å². The number of rotatable bonds is 11. The number of anilines is 2. The third kappa shape index (κ3) is 6.16. The normalized spacial score (nSPS) is 11.2. The van der Waals surface area contributed by atoms with Crippen molar-refractivity contribution in [3.8, 4) is 23.5 Å². The van der Waals surface area contributed by atoms with E-state index in [0.29, 0.717) is 31.3 Å². The molecular formula is C25H35N5O5Si. The van der Waals surface area contributed by atoms with Crippen LogP contribution in [0, 0.1) is 6.92 Å². The molecule has 3 rings (SSSR count). The van der Waals surface area contributed by atoms with Gasteiger partial charge in [0.2, 0.25) is 17.7 Å². The molecule has 0 spiro atoms. The molecule has 3 aromatic rings. The maximum absolute atomic E-state index is 13.0. The summed E-state index contributed by atoms with van der Waals surface area (Å²) < 4.78 is 22.5. The number of methoxy groups -OCH3 is 2. The molecule has 194 valence electrons. The molecule has 0 aliphatic rings. The number of carbonyl (C=O) groups excluding carboxylic acids is 1. The molecule has 0 bridgehead atoms. The number of ether oxygens (including phenoxy) is 3. The number of nitrogens with zero attached hydrogens (tertiary/aromatic N) is 3. The van der Waals surface area contributed by atoms with Crippen molar-refractivity contribution in [2.75, 3.05) is 44.1 Å². The van der Waals surface area contributed by atoms with Crippen molar-refractivity contribution in [3.63, 3.8) is 0 Å². The van der Waals surface area contributed by atoms with Crippen molar-refractivity contribution in [2.24, 2.45) is 5.73 Å². The molecule has 36 heavy (non-hydrogen) atoms. The van der Waals surface area contributed by atoms with E-state index in [2.05, 4.69) is 41.0 Å². The number of nitrogens with two attached hydrogens (primary N) is 1. The van der Waals surface area contributed by atoms with Crippen LogP contribution in [0.15, 0.2) is 34.7 Å². The SMILES string of the molecule is CCN(CCN)c1nc(OC)c(NC(=O)c2ccc(Oc3cc([Si](C)(C)C)ccc3C)o2)c(OC)n1. The van der Waals surface area contributed by atoms with Crippen LogP contribution in [0.5, 0.6) is 23.5 Å². The lowest BCUT2D eigenvalue weighted by Crippen LogP contribution is -2.37. The number of benzene rings is 1. The Morgan fingerprint density at radius 3 is 2.33 bits per heavy atom. The number of amides is 1. The summed E-state index contributed by atoms with van der Waals surface area (Å²) in [6.07, 6.45) is 0. The number of furan rings is 1. The summed E-state index contributed by atoms with van der Waals surface area (Å²) in [5.74, 6) is 1.13. The van der Waals surface area contributed by atoms with Gasteiger partial charge >= 0.3 is 0 Å². The Hall–Kier alpha value is -3.57. The highest BCUT2D eigenvalue weighted by molar-refractivity contribution is 6.88. The van der Waals surface area contributed by atoms with E-state index >= 15 is 0 Å². The molecule has 0 aliphatic heterocycles. The van der Waals surface area contributed by atoms with Crippen molar-refractivity contribution in [1.29, 1.82) is 0 Å². The Morgan fingerprint density at radius 1 is 1.11 bits per heavy atom. The van der Waals surface area contributed by atoms with Crippen molar-refractivity contribution in [3.05, 3.63) is 41.7 Å². The topological polar surface area (TPSA) is 125 Å². The Morgan fingerprint density at radius 2 is 1.78 bits per heavy atom. The Labute approximate surface area is 212 Å². The lowest BCUT2D eigenvalue weighted by molar-refractivity contribution is 0.0990. The van der Waals surface area contributed by atoms with Crippen LogP contribution in [-0.2, 0) is 0 Å². The highest BCUT2D eigenvalue weighted by Gasteiger charge is 2.23. The predicted octanol–water partition coefficient (Wildman–Crippen LogP) is 3.77. The molecule has 0 saturated carbocycles. The van der Waals surface area contributed by atoms with Crippen LogP contribution in [0.25, 0.3) is 0 Å². The van der Waals surface area contributed by atoms with E-state index in [1.165, 1.54) is 25.5 Å². The molecule has 0 aliphatic carbocycles. The lowest BCUT2D eigenvalue weighted by atomic mass is 10.2. The van der Waals surface area contributed by atoms with Gasteiger partial charge in [-0.2, -0.15) is 9.97 Å². The standard InChI is InChI=1S/C25H35N5O5Si/c1-8-30(14-13-26)25-28-23(32-3)21(24(29-25)33-4)27-22(31)18-11-12-20(34-18)35-19-15-17(36(5,6)7)10-9-16(19)2/h9-12,15H,8,13-14,26H2,1-7H3,(H,27,31). The summed E-state index contributed by atoms with van der Waals surface area (Å²) >= 11 is 0. The first-order chi connectivity index (χ1) is 17.1. The molecule has 1 amide bonds. The smallest absolute Gasteiger partial charge is 0.291 e. The summed E-state index contributed by atoms with van der Waals surface area (Å²) in [5.41, 5.74) is 6.86. The third-order valence-corrected chi connectivity index (χ3v) is 7.63. The van der Waals surface area contributed by atoms with Gasteiger partial charge in [-0.25, -0.2) is 0 Å². The first kappa shape index (κ1) is 27.0. The van der Waals surface area contributed by atoms with Crippen LogP contribution in [0.1, 0.15) is 23.0 Å². The van der Waals surface area contributed by atoms with Crippen LogP contribution in [0.2, 0.25) is 19.6 Å². The minimum Gasteiger partial charge on any atom is -0.479 e. The number of nitrogens with one attached hydrogen (secondary N) is 1. The molecule has 0 fully saturated rings. The van der Waals surface area contributed by atoms with Gasteiger partial charge < -0.3 is 34.6 Å². The highest BCUT2D eigenvalue weighted by atomic mass is 28.3. The van der Waals surface area contributed by atoms with Gasteiger partial charge in [-0.3, -0.25) is 4.79 Å². The van der Waals surface area contributed by atoms with Gasteiger partial charge in [-0.1, -0.05) is 37.0 Å². The monoisotopic (exact) mass is 513 g/mol. The van der Waals surface area contributed by atoms with Crippen molar-refractivity contribution in [1.82, 2.24) is 9.97 Å². The minimum absolute atomic E-state index is 0.0514. The van der Waals surface area contributed by atoms with E-state index in [9.17, 15) is 4.79 Å². The zero-order valence-corrected chi connectivity index (χ0v) is 23.0. The molecule has 2 heterocycles. The minimum atomic E-state index is -1.52. The Bertz CT molecular complexity index is 1180. The van der Waals surface area contributed by atoms with Gasteiger partial charge in [0.05, 0.1) is 22.3 Å². The number of aromatic nitrogens is 2. The van der Waals surface area contributed by atoms with Crippen LogP contribution in [-0.4, -0.2) is 57.8 Å². The first-order valence-electron chi connectivity index (χ1n) is 11.8. The summed E-state index contributed by atoms with van der Waals surface area (Å²) in [6.45, 7) is 12.4. The van der Waals surface area contributed by atoms with Crippen molar-refractivity contribution >= 4 is 30.8 Å². The molecule has 0 radical (unpaired) electrons. The lowest BCUT2D eigenvalue weighted by Gasteiger charge is -2.22. The van der Waals surface area contributed by atoms with E-state index in [1.54, 1.807) is 6.07 Å². The number of hydrogen-bond acceptors (Lipinski definition) is 9. The zero-order valence-electron chi connectivity index (χ0n) is 22.0. The summed E-state index contributed by atoms with van der Waals surface area (Å²) in [6, 6.07) is 9.36. The average molecular weight is 514 g/mol. The molecule has 0 unspecified atom stereocenters. The average Bonchev–Trinajstić information content (AvgIpc) is 3.32. The summed E-state index contributed by atoms with van der Waals surface area (Å²) in [4.78, 5) is 23.7. The summed E-state index contributed by atoms with van der Waals surface area (Å²) in [5, 5.41) is 4.00. The maximum Gasteiger partial charge on any atom is 0.291 e. The fourth-order valence-electron chi connectivity index (χ4n) is 3.47. The van der Waals surface area contributed by atoms with Crippen molar-refractivity contribution in [2.45, 2.75) is 33.5 Å². The van der Waals surface area contributed by atoms with Crippen LogP contribution < -0.4 is 35.3 Å². The highest BCUT2D eigenvalue weighted by Crippen LogP contribution is 2.34. The molecule has 2 aromatic heterocycles. The molecule has 3 N–H and O–H groups in total. The molecule has 0 atom stereocenters. The molecule has 10 nitrogen and oxygen atoms in total. The van der Waals surface area contributed by atoms with Crippen LogP contribution >= 0.6 is 0 Å². The number of hydrogen-bond donors (Lipinski definition) is 2. The second kappa shape index (κ2) is 11.4. The summed E-state index contributed by atoms with van der Waals surface area (Å²) in [7, 11) is 1.39. The number of aryl methyl sites for hydroxylation is 1. The maximum atomic E-state index is 13.0. The van der Waals surface area contributed by atoms with Gasteiger partial charge in [0.25, 0.3) is 11.9 Å². The quantitative estimate of drug-likeness (QED) is 0.369. The van der Waals surface area contributed by atoms with Gasteiger partial charge in [0.1, 0.15) is 5.75 Å². The van der Waals surface area contributed by atoms with Crippen LogP contribution in [0.4, 0.5) is 11.6 Å². The van der Waals surface area contributed by atoms with E-state index in [1.807, 2.05) is 30.9 Å². The first-order valence-corrected chi connectivity index (χ1v) is 15.3. The van der Waals surface area contributed by atoms with E-state index in [-0.39, 0.29) is 29.2 Å². The van der Waals surface area contributed by atoms with Gasteiger partial charge in [-0.15, -0.1) is 0 Å². The predicted molar refractivity (Wildman–Crippen MR) is 143 cm³/mol. The van der Waals surface area contributed by atoms with E-state index < -0.39 is 14.0 Å². The molecule has 0 saturated heterocycles. The number of carbonyl (C=O) groups is 1. The fourth-order valence-corrected chi connectivity index (χ4v) is 4.61. The molecule has 11 heteroatoms. The molecule has 1 aromatic carbocycles. The van der Waals surface area contributed by atoms with Gasteiger partial charge in [0.15, 0.2) is 11.4 Å². The Kier molecular flexibility index (Phi) is 8.59. The van der Waals surface area contributed by atoms with Crippen molar-refractivity contribution < 1.29 is 23.4 Å². The number of likely N-dealkylation sites (N-methyl/N-ethyl adjacent to an activating group) is 1. The van der Waals surface area contributed by atoms with Crippen LogP contribution in [0.3, 0.4) is 0 Å². The zero-order chi connectivity index (χ0) is 26.5. The van der Waals surface area contributed by atoms with Gasteiger partial charge in [-0.05, 0) is 31.5 Å². The third-order valence-electron chi connectivity index (χ3n) is 5.59. The largest absolute Gasteiger partial charge is 0.479 e. The second-order valence-electron chi connectivity index (χ2n) is 9.19. The fraction of sp³-hybridized carbons (Fsp3) is 0.400. The van der Waals surface area contributed by atoms with E-state index in [0.717, 1.165) is 5.56 Å².